The number of aliphatic hydroxyl groups is 1. The molecule has 2 aromatic rings. The van der Waals surface area contributed by atoms with Crippen molar-refractivity contribution in [3.05, 3.63) is 69.5 Å². The molecule has 0 unspecified atom stereocenters. The lowest BCUT2D eigenvalue weighted by molar-refractivity contribution is -0.387. The predicted octanol–water partition coefficient (Wildman–Crippen LogP) is 3.37. The minimum atomic E-state index is -0.890. The number of nitro groups is 1. The Bertz CT molecular complexity index is 658. The van der Waals surface area contributed by atoms with Crippen LogP contribution < -0.4 is 4.74 Å². The van der Waals surface area contributed by atoms with E-state index in [4.69, 9.17) is 4.74 Å². The number of ether oxygens (including phenoxy) is 1. The summed E-state index contributed by atoms with van der Waals surface area (Å²) in [7, 11) is 0. The molecule has 110 valence electrons. The van der Waals surface area contributed by atoms with E-state index in [1.54, 1.807) is 31.2 Å². The monoisotopic (exact) mass is 291 g/mol. The van der Waals surface area contributed by atoms with E-state index in [2.05, 4.69) is 0 Å². The summed E-state index contributed by atoms with van der Waals surface area (Å²) in [5.74, 6) is -0.356. The van der Waals surface area contributed by atoms with Gasteiger partial charge < -0.3 is 9.84 Å². The Morgan fingerprint density at radius 1 is 1.33 bits per heavy atom. The molecular formula is C15H14FNO4. The average Bonchev–Trinajstić information content (AvgIpc) is 2.45. The molecule has 0 aromatic heterocycles. The number of aliphatic hydroxyl groups excluding tert-OH is 1. The number of nitrogens with zero attached hydrogens (tertiary/aromatic N) is 1. The van der Waals surface area contributed by atoms with Crippen LogP contribution in [0.4, 0.5) is 10.1 Å². The van der Waals surface area contributed by atoms with Gasteiger partial charge in [-0.3, -0.25) is 10.1 Å². The van der Waals surface area contributed by atoms with Crippen LogP contribution >= 0.6 is 0 Å². The van der Waals surface area contributed by atoms with Crippen LogP contribution in [0.3, 0.4) is 0 Å². The third-order valence-corrected chi connectivity index (χ3v) is 2.95. The van der Waals surface area contributed by atoms with Crippen LogP contribution in [0.25, 0.3) is 0 Å². The molecule has 0 amide bonds. The summed E-state index contributed by atoms with van der Waals surface area (Å²) < 4.78 is 19.0. The standard InChI is InChI=1S/C15H14FNO4/c1-10(18)12-3-2-4-13(8-12)21-9-11-5-6-15(17(19)20)14(16)7-11/h2-8,10,18H,9H2,1H3/t10-/m0/s1. The molecule has 5 nitrogen and oxygen atoms in total. The summed E-state index contributed by atoms with van der Waals surface area (Å²) in [5.41, 5.74) is 0.637. The highest BCUT2D eigenvalue weighted by atomic mass is 19.1. The van der Waals surface area contributed by atoms with E-state index >= 15 is 0 Å². The van der Waals surface area contributed by atoms with E-state index in [1.165, 1.54) is 6.07 Å². The van der Waals surface area contributed by atoms with Crippen molar-refractivity contribution >= 4 is 5.69 Å². The van der Waals surface area contributed by atoms with E-state index in [0.29, 0.717) is 16.9 Å². The van der Waals surface area contributed by atoms with Gasteiger partial charge in [-0.15, -0.1) is 0 Å². The first-order valence-electron chi connectivity index (χ1n) is 6.31. The van der Waals surface area contributed by atoms with Crippen LogP contribution in [0.15, 0.2) is 42.5 Å². The van der Waals surface area contributed by atoms with Crippen molar-refractivity contribution in [3.63, 3.8) is 0 Å². The number of hydrogen-bond acceptors (Lipinski definition) is 4. The lowest BCUT2D eigenvalue weighted by atomic mass is 10.1. The fraction of sp³-hybridized carbons (Fsp3) is 0.200. The van der Waals surface area contributed by atoms with Crippen LogP contribution in [-0.4, -0.2) is 10.0 Å². The van der Waals surface area contributed by atoms with Crippen LogP contribution in [0.2, 0.25) is 0 Å². The normalized spacial score (nSPS) is 12.0. The third-order valence-electron chi connectivity index (χ3n) is 2.95. The lowest BCUT2D eigenvalue weighted by Gasteiger charge is -2.09. The summed E-state index contributed by atoms with van der Waals surface area (Å²) >= 11 is 0. The highest BCUT2D eigenvalue weighted by Gasteiger charge is 2.13. The van der Waals surface area contributed by atoms with Gasteiger partial charge in [0.15, 0.2) is 0 Å². The number of rotatable bonds is 5. The Hall–Kier alpha value is -2.47. The fourth-order valence-electron chi connectivity index (χ4n) is 1.82. The van der Waals surface area contributed by atoms with Gasteiger partial charge >= 0.3 is 5.69 Å². The van der Waals surface area contributed by atoms with Gasteiger partial charge in [-0.25, -0.2) is 0 Å². The van der Waals surface area contributed by atoms with Crippen LogP contribution in [0.5, 0.6) is 5.75 Å². The Morgan fingerprint density at radius 2 is 2.10 bits per heavy atom. The second-order valence-corrected chi connectivity index (χ2v) is 4.58. The van der Waals surface area contributed by atoms with Crippen molar-refractivity contribution in [1.29, 1.82) is 0 Å². The van der Waals surface area contributed by atoms with Crippen molar-refractivity contribution in [2.45, 2.75) is 19.6 Å². The van der Waals surface area contributed by atoms with Gasteiger partial charge in [-0.1, -0.05) is 12.1 Å². The molecule has 0 fully saturated rings. The van der Waals surface area contributed by atoms with Crippen molar-refractivity contribution in [1.82, 2.24) is 0 Å². The lowest BCUT2D eigenvalue weighted by Crippen LogP contribution is -1.99. The summed E-state index contributed by atoms with van der Waals surface area (Å²) in [6, 6.07) is 10.5. The van der Waals surface area contributed by atoms with Crippen LogP contribution in [0.1, 0.15) is 24.2 Å². The molecule has 1 N–H and O–H groups in total. The second kappa shape index (κ2) is 6.32. The molecule has 0 bridgehead atoms. The summed E-state index contributed by atoms with van der Waals surface area (Å²) in [6.07, 6.45) is -0.606. The molecule has 2 aromatic carbocycles. The van der Waals surface area contributed by atoms with Gasteiger partial charge in [0.2, 0.25) is 5.82 Å². The fourth-order valence-corrected chi connectivity index (χ4v) is 1.82. The topological polar surface area (TPSA) is 72.6 Å². The molecule has 0 saturated heterocycles. The largest absolute Gasteiger partial charge is 0.489 e. The van der Waals surface area contributed by atoms with Gasteiger partial charge in [0, 0.05) is 6.07 Å². The van der Waals surface area contributed by atoms with Crippen molar-refractivity contribution in [3.8, 4) is 5.75 Å². The maximum atomic E-state index is 13.5. The Morgan fingerprint density at radius 3 is 2.71 bits per heavy atom. The second-order valence-electron chi connectivity index (χ2n) is 4.58. The quantitative estimate of drug-likeness (QED) is 0.677. The molecule has 0 aliphatic carbocycles. The molecule has 0 radical (unpaired) electrons. The summed E-state index contributed by atoms with van der Waals surface area (Å²) in [4.78, 5) is 9.75. The Labute approximate surface area is 120 Å². The first-order chi connectivity index (χ1) is 9.97. The molecule has 21 heavy (non-hydrogen) atoms. The first-order valence-corrected chi connectivity index (χ1v) is 6.31. The maximum Gasteiger partial charge on any atom is 0.304 e. The molecule has 1 atom stereocenters. The van der Waals surface area contributed by atoms with E-state index in [9.17, 15) is 19.6 Å². The number of hydrogen-bond donors (Lipinski definition) is 1. The summed E-state index contributed by atoms with van der Waals surface area (Å²) in [5, 5.41) is 20.0. The van der Waals surface area contributed by atoms with Gasteiger partial charge in [-0.2, -0.15) is 4.39 Å². The number of benzene rings is 2. The molecular weight excluding hydrogens is 277 g/mol. The van der Waals surface area contributed by atoms with Gasteiger partial charge in [0.25, 0.3) is 0 Å². The zero-order valence-corrected chi connectivity index (χ0v) is 11.3. The zero-order valence-electron chi connectivity index (χ0n) is 11.3. The average molecular weight is 291 g/mol. The Balaban J connectivity index is 2.08. The van der Waals surface area contributed by atoms with Crippen LogP contribution in [-0.2, 0) is 6.61 Å². The third kappa shape index (κ3) is 3.76. The smallest absolute Gasteiger partial charge is 0.304 e. The Kier molecular flexibility index (Phi) is 4.49. The van der Waals surface area contributed by atoms with E-state index in [1.807, 2.05) is 0 Å². The van der Waals surface area contributed by atoms with Gasteiger partial charge in [-0.05, 0) is 42.3 Å². The van der Waals surface area contributed by atoms with Crippen molar-refractivity contribution in [2.24, 2.45) is 0 Å². The molecule has 0 spiro atoms. The number of halogens is 1. The number of nitro benzene ring substituents is 1. The predicted molar refractivity (Wildman–Crippen MR) is 74.5 cm³/mol. The molecule has 2 rings (SSSR count). The van der Waals surface area contributed by atoms with Gasteiger partial charge in [0.1, 0.15) is 12.4 Å². The SMILES string of the molecule is C[C@H](O)c1cccc(OCc2ccc([N+](=O)[O-])c(F)c2)c1. The molecule has 6 heteroatoms. The zero-order chi connectivity index (χ0) is 15.4. The molecule has 0 heterocycles. The van der Waals surface area contributed by atoms with Crippen LogP contribution in [0, 0.1) is 15.9 Å². The van der Waals surface area contributed by atoms with Crippen molar-refractivity contribution < 1.29 is 19.2 Å². The maximum absolute atomic E-state index is 13.5. The minimum Gasteiger partial charge on any atom is -0.489 e. The highest BCUT2D eigenvalue weighted by Crippen LogP contribution is 2.21. The van der Waals surface area contributed by atoms with Gasteiger partial charge in [0.05, 0.1) is 11.0 Å². The summed E-state index contributed by atoms with van der Waals surface area (Å²) in [6.45, 7) is 1.73. The van der Waals surface area contributed by atoms with E-state index < -0.39 is 22.5 Å². The molecule has 0 aliphatic heterocycles. The minimum absolute atomic E-state index is 0.0815. The van der Waals surface area contributed by atoms with E-state index in [-0.39, 0.29) is 6.61 Å². The first kappa shape index (κ1) is 14.9. The van der Waals surface area contributed by atoms with Crippen molar-refractivity contribution in [2.75, 3.05) is 0 Å². The molecule has 0 aliphatic rings. The molecule has 0 saturated carbocycles. The van der Waals surface area contributed by atoms with E-state index in [0.717, 1.165) is 12.1 Å². The highest BCUT2D eigenvalue weighted by molar-refractivity contribution is 5.35.